The number of unbranched alkanes of at least 4 members (excludes halogenated alkanes) is 1. The van der Waals surface area contributed by atoms with Crippen LogP contribution in [-0.2, 0) is 6.42 Å². The summed E-state index contributed by atoms with van der Waals surface area (Å²) in [5.41, 5.74) is 3.46. The Morgan fingerprint density at radius 2 is 1.56 bits per heavy atom. The van der Waals surface area contributed by atoms with Crippen LogP contribution in [0.4, 0.5) is 0 Å². The molecule has 2 aromatic heterocycles. The van der Waals surface area contributed by atoms with Gasteiger partial charge in [-0.1, -0.05) is 52.8 Å². The van der Waals surface area contributed by atoms with E-state index in [-0.39, 0.29) is 7.43 Å². The number of aryl methyl sites for hydroxylation is 3. The molecule has 2 aromatic rings. The number of hydrogen-bond acceptors (Lipinski definition) is 4. The van der Waals surface area contributed by atoms with Crippen LogP contribution < -0.4 is 0 Å². The second kappa shape index (κ2) is 18.4. The molecule has 1 aliphatic carbocycles. The van der Waals surface area contributed by atoms with Gasteiger partial charge >= 0.3 is 0 Å². The average Bonchev–Trinajstić information content (AvgIpc) is 3.27. The standard InChI is InChI=1S/C10H14O2.C6H5BrO2.C6H10.C4H8.CH4/c1-3-4-5-10-8(2)6-9(7-11)12-10;1-4-2-5(3-8)9-6(4)7;1-5-3-6(2)4-5;1-3-4-2;/h6-7H,3-5H2,1-2H3;2-3H,1H3;6H,1,3-4H2,2H3;3H,1,4H2,2H3;1H4. The molecule has 0 spiro atoms. The van der Waals surface area contributed by atoms with E-state index in [2.05, 4.69) is 49.9 Å². The smallest absolute Gasteiger partial charge is 0.185 e. The molecule has 4 nitrogen and oxygen atoms in total. The maximum atomic E-state index is 10.4. The van der Waals surface area contributed by atoms with Crippen molar-refractivity contribution in [3.05, 3.63) is 70.0 Å². The van der Waals surface area contributed by atoms with Crippen LogP contribution in [0.15, 0.2) is 50.4 Å². The third kappa shape index (κ3) is 13.3. The van der Waals surface area contributed by atoms with E-state index in [9.17, 15) is 9.59 Å². The highest BCUT2D eigenvalue weighted by Crippen LogP contribution is 2.29. The maximum absolute atomic E-state index is 10.4. The third-order valence-electron chi connectivity index (χ3n) is 4.47. The van der Waals surface area contributed by atoms with Gasteiger partial charge in [-0.2, -0.15) is 0 Å². The zero-order chi connectivity index (χ0) is 23.8. The molecule has 1 fully saturated rings. The minimum Gasteiger partial charge on any atom is -0.458 e. The summed E-state index contributed by atoms with van der Waals surface area (Å²) < 4.78 is 10.8. The van der Waals surface area contributed by atoms with E-state index in [1.54, 1.807) is 12.1 Å². The summed E-state index contributed by atoms with van der Waals surface area (Å²) in [6.07, 6.45) is 10.2. The van der Waals surface area contributed by atoms with E-state index < -0.39 is 0 Å². The zero-order valence-electron chi connectivity index (χ0n) is 19.6. The molecule has 1 aliphatic rings. The molecule has 0 amide bonds. The van der Waals surface area contributed by atoms with Gasteiger partial charge in [0.15, 0.2) is 28.8 Å². The SMILES string of the molecule is C.C=C1CC(C)C1.C=CCC.CCCCc1oc(C=O)cc1C.Cc1cc(C=O)oc1Br. The topological polar surface area (TPSA) is 60.4 Å². The van der Waals surface area contributed by atoms with Crippen LogP contribution in [0.3, 0.4) is 0 Å². The van der Waals surface area contributed by atoms with E-state index in [1.165, 1.54) is 18.4 Å². The van der Waals surface area contributed by atoms with Crippen molar-refractivity contribution in [2.75, 3.05) is 0 Å². The van der Waals surface area contributed by atoms with Crippen molar-refractivity contribution in [3.63, 3.8) is 0 Å². The fourth-order valence-corrected chi connectivity index (χ4v) is 2.96. The van der Waals surface area contributed by atoms with Gasteiger partial charge in [0.1, 0.15) is 5.76 Å². The maximum Gasteiger partial charge on any atom is 0.185 e. The number of carbonyl (C=O) groups excluding carboxylic acids is 2. The number of carbonyl (C=O) groups is 2. The minimum atomic E-state index is 0. The highest BCUT2D eigenvalue weighted by molar-refractivity contribution is 9.10. The summed E-state index contributed by atoms with van der Waals surface area (Å²) >= 11 is 3.13. The molecule has 32 heavy (non-hydrogen) atoms. The van der Waals surface area contributed by atoms with Gasteiger partial charge in [-0.25, -0.2) is 0 Å². The summed E-state index contributed by atoms with van der Waals surface area (Å²) in [5.74, 6) is 2.70. The largest absolute Gasteiger partial charge is 0.458 e. The average molecular weight is 510 g/mol. The van der Waals surface area contributed by atoms with Crippen LogP contribution in [0.25, 0.3) is 0 Å². The van der Waals surface area contributed by atoms with Gasteiger partial charge in [0.25, 0.3) is 0 Å². The molecule has 0 atom stereocenters. The Morgan fingerprint density at radius 1 is 1.06 bits per heavy atom. The monoisotopic (exact) mass is 508 g/mol. The molecular weight excluding hydrogens is 468 g/mol. The normalized spacial score (nSPS) is 11.8. The Balaban J connectivity index is 0. The first-order chi connectivity index (χ1) is 14.7. The van der Waals surface area contributed by atoms with Crippen molar-refractivity contribution in [1.29, 1.82) is 0 Å². The zero-order valence-corrected chi connectivity index (χ0v) is 21.2. The quantitative estimate of drug-likeness (QED) is 0.288. The second-order valence-corrected chi connectivity index (χ2v) is 8.38. The van der Waals surface area contributed by atoms with Gasteiger partial charge in [0.05, 0.1) is 0 Å². The van der Waals surface area contributed by atoms with E-state index in [0.717, 1.165) is 54.8 Å². The first kappa shape index (κ1) is 32.0. The highest BCUT2D eigenvalue weighted by atomic mass is 79.9. The Bertz CT molecular complexity index is 786. The van der Waals surface area contributed by atoms with Crippen molar-refractivity contribution >= 4 is 28.5 Å². The molecule has 0 N–H and O–H groups in total. The van der Waals surface area contributed by atoms with Crippen LogP contribution in [-0.4, -0.2) is 12.6 Å². The summed E-state index contributed by atoms with van der Waals surface area (Å²) in [4.78, 5) is 20.4. The van der Waals surface area contributed by atoms with Gasteiger partial charge in [-0.3, -0.25) is 9.59 Å². The predicted octanol–water partition coefficient (Wildman–Crippen LogP) is 9.10. The van der Waals surface area contributed by atoms with Gasteiger partial charge in [-0.15, -0.1) is 6.58 Å². The van der Waals surface area contributed by atoms with Crippen molar-refractivity contribution in [2.45, 2.75) is 80.6 Å². The molecule has 0 aliphatic heterocycles. The fourth-order valence-electron chi connectivity index (χ4n) is 2.66. The number of halogens is 1. The molecule has 0 unspecified atom stereocenters. The lowest BCUT2D eigenvalue weighted by atomic mass is 9.83. The first-order valence-electron chi connectivity index (χ1n) is 10.7. The number of rotatable bonds is 6. The van der Waals surface area contributed by atoms with Gasteiger partial charge in [-0.05, 0) is 79.1 Å². The third-order valence-corrected chi connectivity index (χ3v) is 5.26. The summed E-state index contributed by atoms with van der Waals surface area (Å²) in [7, 11) is 0. The van der Waals surface area contributed by atoms with Crippen LogP contribution in [0.1, 0.15) is 98.3 Å². The van der Waals surface area contributed by atoms with E-state index in [1.807, 2.05) is 19.9 Å². The van der Waals surface area contributed by atoms with Gasteiger partial charge in [0, 0.05) is 12.0 Å². The number of hydrogen-bond donors (Lipinski definition) is 0. The number of aldehydes is 2. The van der Waals surface area contributed by atoms with Crippen LogP contribution in [0.2, 0.25) is 0 Å². The molecule has 5 heteroatoms. The Hall–Kier alpha value is -2.14. The second-order valence-electron chi connectivity index (χ2n) is 7.66. The highest BCUT2D eigenvalue weighted by Gasteiger charge is 2.14. The van der Waals surface area contributed by atoms with E-state index in [0.29, 0.717) is 22.5 Å². The molecule has 2 heterocycles. The van der Waals surface area contributed by atoms with Crippen LogP contribution in [0.5, 0.6) is 0 Å². The molecule has 0 radical (unpaired) electrons. The van der Waals surface area contributed by atoms with Crippen molar-refractivity contribution < 1.29 is 18.4 Å². The van der Waals surface area contributed by atoms with Gasteiger partial charge < -0.3 is 8.83 Å². The molecule has 0 saturated heterocycles. The summed E-state index contributed by atoms with van der Waals surface area (Å²) in [5, 5.41) is 0. The number of furan rings is 2. The lowest BCUT2D eigenvalue weighted by Gasteiger charge is -2.23. The summed E-state index contributed by atoms with van der Waals surface area (Å²) in [6.45, 7) is 17.6. The lowest BCUT2D eigenvalue weighted by Crippen LogP contribution is -2.08. The predicted molar refractivity (Wildman–Crippen MR) is 139 cm³/mol. The molecule has 180 valence electrons. The van der Waals surface area contributed by atoms with Crippen LogP contribution >= 0.6 is 15.9 Å². The Morgan fingerprint density at radius 3 is 1.81 bits per heavy atom. The summed E-state index contributed by atoms with van der Waals surface area (Å²) in [6, 6.07) is 3.47. The first-order valence-corrected chi connectivity index (χ1v) is 11.5. The Labute approximate surface area is 203 Å². The van der Waals surface area contributed by atoms with Crippen LogP contribution in [0, 0.1) is 19.8 Å². The minimum absolute atomic E-state index is 0. The molecule has 1 saturated carbocycles. The van der Waals surface area contributed by atoms with Crippen molar-refractivity contribution in [2.24, 2.45) is 5.92 Å². The lowest BCUT2D eigenvalue weighted by molar-refractivity contribution is 0.109. The van der Waals surface area contributed by atoms with Crippen molar-refractivity contribution in [3.8, 4) is 0 Å². The Kier molecular flexibility index (Phi) is 18.5. The van der Waals surface area contributed by atoms with E-state index in [4.69, 9.17) is 8.83 Å². The number of allylic oxidation sites excluding steroid dienone is 2. The molecule has 0 aromatic carbocycles. The fraction of sp³-hybridized carbons (Fsp3) is 0.481. The molecule has 0 bridgehead atoms. The van der Waals surface area contributed by atoms with Crippen molar-refractivity contribution in [1.82, 2.24) is 0 Å². The molecular formula is C27H41BrO4. The van der Waals surface area contributed by atoms with E-state index >= 15 is 0 Å². The van der Waals surface area contributed by atoms with Gasteiger partial charge in [0.2, 0.25) is 0 Å². The molecule has 3 rings (SSSR count).